The summed E-state index contributed by atoms with van der Waals surface area (Å²) in [5.74, 6) is 1.11. The van der Waals surface area contributed by atoms with Gasteiger partial charge in [0.15, 0.2) is 0 Å². The maximum atomic E-state index is 12.7. The number of hydrogen-bond donors (Lipinski definition) is 1. The van der Waals surface area contributed by atoms with Crippen LogP contribution in [-0.4, -0.2) is 54.1 Å². The molecule has 21 heavy (non-hydrogen) atoms. The van der Waals surface area contributed by atoms with Crippen LogP contribution in [0.1, 0.15) is 59.3 Å². The molecule has 0 aromatic heterocycles. The highest BCUT2D eigenvalue weighted by atomic mass is 16.2. The lowest BCUT2D eigenvalue weighted by atomic mass is 9.93. The highest BCUT2D eigenvalue weighted by molar-refractivity contribution is 5.88. The summed E-state index contributed by atoms with van der Waals surface area (Å²) in [5, 5.41) is 3.58. The Balaban J connectivity index is 1.91. The van der Waals surface area contributed by atoms with E-state index < -0.39 is 0 Å². The molecule has 2 aliphatic rings. The van der Waals surface area contributed by atoms with Crippen molar-refractivity contribution < 1.29 is 4.79 Å². The van der Waals surface area contributed by atoms with E-state index >= 15 is 0 Å². The van der Waals surface area contributed by atoms with Crippen molar-refractivity contribution in [1.29, 1.82) is 0 Å². The zero-order valence-electron chi connectivity index (χ0n) is 14.3. The smallest absolute Gasteiger partial charge is 0.243 e. The highest BCUT2D eigenvalue weighted by Gasteiger charge is 2.45. The van der Waals surface area contributed by atoms with Gasteiger partial charge in [0.25, 0.3) is 0 Å². The summed E-state index contributed by atoms with van der Waals surface area (Å²) < 4.78 is 0. The Morgan fingerprint density at radius 3 is 2.48 bits per heavy atom. The normalized spacial score (nSPS) is 32.1. The van der Waals surface area contributed by atoms with Gasteiger partial charge in [-0.05, 0) is 65.1 Å². The molecule has 2 rings (SSSR count). The van der Waals surface area contributed by atoms with E-state index in [1.807, 2.05) is 0 Å². The molecule has 2 saturated heterocycles. The van der Waals surface area contributed by atoms with Crippen LogP contribution < -0.4 is 5.32 Å². The zero-order chi connectivity index (χ0) is 15.5. The van der Waals surface area contributed by atoms with Crippen LogP contribution >= 0.6 is 0 Å². The third-order valence-electron chi connectivity index (χ3n) is 5.48. The Labute approximate surface area is 130 Å². The van der Waals surface area contributed by atoms with Crippen LogP contribution in [0.4, 0.5) is 0 Å². The van der Waals surface area contributed by atoms with Crippen LogP contribution in [0.5, 0.6) is 0 Å². The monoisotopic (exact) mass is 295 g/mol. The molecule has 0 saturated carbocycles. The molecule has 122 valence electrons. The summed E-state index contributed by atoms with van der Waals surface area (Å²) in [6, 6.07) is 0. The van der Waals surface area contributed by atoms with Crippen LogP contribution in [-0.2, 0) is 4.79 Å². The van der Waals surface area contributed by atoms with Gasteiger partial charge in [-0.25, -0.2) is 0 Å². The van der Waals surface area contributed by atoms with E-state index in [2.05, 4.69) is 42.9 Å². The molecule has 2 fully saturated rings. The molecule has 0 radical (unpaired) electrons. The Morgan fingerprint density at radius 2 is 1.90 bits per heavy atom. The van der Waals surface area contributed by atoms with Gasteiger partial charge in [-0.1, -0.05) is 20.3 Å². The van der Waals surface area contributed by atoms with Crippen molar-refractivity contribution in [3.8, 4) is 0 Å². The van der Waals surface area contributed by atoms with Crippen molar-refractivity contribution in [1.82, 2.24) is 15.1 Å². The molecular weight excluding hydrogens is 262 g/mol. The highest BCUT2D eigenvalue weighted by Crippen LogP contribution is 2.28. The number of hydrogen-bond acceptors (Lipinski definition) is 3. The first kappa shape index (κ1) is 16.8. The number of likely N-dealkylation sites (tertiary alicyclic amines) is 1. The predicted octanol–water partition coefficient (Wildman–Crippen LogP) is 2.45. The number of rotatable bonds is 6. The van der Waals surface area contributed by atoms with Crippen LogP contribution in [0.3, 0.4) is 0 Å². The van der Waals surface area contributed by atoms with E-state index in [0.29, 0.717) is 5.91 Å². The van der Waals surface area contributed by atoms with Gasteiger partial charge in [0.2, 0.25) is 5.91 Å². The van der Waals surface area contributed by atoms with E-state index in [-0.39, 0.29) is 11.7 Å². The number of amides is 1. The summed E-state index contributed by atoms with van der Waals surface area (Å²) in [7, 11) is 2.20. The fraction of sp³-hybridized carbons (Fsp3) is 0.941. The number of nitrogens with zero attached hydrogens (tertiary/aromatic N) is 2. The average Bonchev–Trinajstić information content (AvgIpc) is 2.71. The van der Waals surface area contributed by atoms with E-state index in [0.717, 1.165) is 31.7 Å². The lowest BCUT2D eigenvalue weighted by Crippen LogP contribution is -2.43. The standard InChI is InChI=1S/C17H33N3O/c1-5-7-15-18-17(3,6-2)16(21)20(15)13-10-14-8-11-19(4)12-9-14/h14-15,18H,5-13H2,1-4H3. The fourth-order valence-electron chi connectivity index (χ4n) is 3.65. The second-order valence-electron chi connectivity index (χ2n) is 7.17. The molecule has 2 atom stereocenters. The van der Waals surface area contributed by atoms with Crippen molar-refractivity contribution in [2.24, 2.45) is 5.92 Å². The Hall–Kier alpha value is -0.610. The molecule has 0 aromatic rings. The predicted molar refractivity (Wildman–Crippen MR) is 87.1 cm³/mol. The first-order valence-electron chi connectivity index (χ1n) is 8.77. The van der Waals surface area contributed by atoms with Crippen molar-refractivity contribution in [2.45, 2.75) is 71.0 Å². The quantitative estimate of drug-likeness (QED) is 0.817. The minimum absolute atomic E-state index is 0.249. The van der Waals surface area contributed by atoms with Crippen molar-refractivity contribution in [3.63, 3.8) is 0 Å². The largest absolute Gasteiger partial charge is 0.326 e. The van der Waals surface area contributed by atoms with Crippen LogP contribution in [0.2, 0.25) is 0 Å². The van der Waals surface area contributed by atoms with E-state index in [1.165, 1.54) is 32.4 Å². The van der Waals surface area contributed by atoms with Gasteiger partial charge in [0, 0.05) is 6.54 Å². The molecule has 0 bridgehead atoms. The molecule has 0 spiro atoms. The van der Waals surface area contributed by atoms with E-state index in [4.69, 9.17) is 0 Å². The molecule has 2 aliphatic heterocycles. The zero-order valence-corrected chi connectivity index (χ0v) is 14.3. The third-order valence-corrected chi connectivity index (χ3v) is 5.48. The average molecular weight is 295 g/mol. The summed E-state index contributed by atoms with van der Waals surface area (Å²) >= 11 is 0. The number of carbonyl (C=O) groups excluding carboxylic acids is 1. The lowest BCUT2D eigenvalue weighted by Gasteiger charge is -2.31. The van der Waals surface area contributed by atoms with Gasteiger partial charge < -0.3 is 9.80 Å². The first-order chi connectivity index (χ1) is 10.00. The molecule has 2 unspecified atom stereocenters. The molecule has 0 aliphatic carbocycles. The Bertz CT molecular complexity index is 352. The van der Waals surface area contributed by atoms with Gasteiger partial charge in [0.05, 0.1) is 11.7 Å². The summed E-state index contributed by atoms with van der Waals surface area (Å²) in [4.78, 5) is 17.3. The summed E-state index contributed by atoms with van der Waals surface area (Å²) in [6.07, 6.45) is 7.05. The van der Waals surface area contributed by atoms with Crippen LogP contribution in [0.25, 0.3) is 0 Å². The fourth-order valence-corrected chi connectivity index (χ4v) is 3.65. The molecule has 2 heterocycles. The van der Waals surface area contributed by atoms with Gasteiger partial charge in [-0.2, -0.15) is 0 Å². The minimum Gasteiger partial charge on any atom is -0.326 e. The number of carbonyl (C=O) groups is 1. The summed E-state index contributed by atoms with van der Waals surface area (Å²) in [6.45, 7) is 9.72. The SMILES string of the molecule is CCCC1NC(C)(CC)C(=O)N1CCC1CCN(C)CC1. The van der Waals surface area contributed by atoms with E-state index in [9.17, 15) is 4.79 Å². The lowest BCUT2D eigenvalue weighted by molar-refractivity contribution is -0.133. The summed E-state index contributed by atoms with van der Waals surface area (Å²) in [5.41, 5.74) is -0.341. The molecule has 0 aromatic carbocycles. The second kappa shape index (κ2) is 7.10. The Morgan fingerprint density at radius 1 is 1.24 bits per heavy atom. The van der Waals surface area contributed by atoms with Gasteiger partial charge in [-0.3, -0.25) is 10.1 Å². The van der Waals surface area contributed by atoms with E-state index in [1.54, 1.807) is 0 Å². The van der Waals surface area contributed by atoms with Gasteiger partial charge in [-0.15, -0.1) is 0 Å². The van der Waals surface area contributed by atoms with Crippen molar-refractivity contribution >= 4 is 5.91 Å². The molecule has 4 heteroatoms. The first-order valence-corrected chi connectivity index (χ1v) is 8.77. The number of nitrogens with one attached hydrogen (secondary N) is 1. The molecular formula is C17H33N3O. The molecule has 4 nitrogen and oxygen atoms in total. The number of piperidine rings is 1. The maximum absolute atomic E-state index is 12.7. The van der Waals surface area contributed by atoms with Crippen molar-refractivity contribution in [3.05, 3.63) is 0 Å². The van der Waals surface area contributed by atoms with Gasteiger partial charge in [0.1, 0.15) is 0 Å². The van der Waals surface area contributed by atoms with Crippen LogP contribution in [0, 0.1) is 5.92 Å². The minimum atomic E-state index is -0.341. The molecule has 1 amide bonds. The maximum Gasteiger partial charge on any atom is 0.243 e. The van der Waals surface area contributed by atoms with Crippen molar-refractivity contribution in [2.75, 3.05) is 26.7 Å². The Kier molecular flexibility index (Phi) is 5.67. The topological polar surface area (TPSA) is 35.6 Å². The van der Waals surface area contributed by atoms with Crippen LogP contribution in [0.15, 0.2) is 0 Å². The molecule has 1 N–H and O–H groups in total. The van der Waals surface area contributed by atoms with Gasteiger partial charge >= 0.3 is 0 Å². The second-order valence-corrected chi connectivity index (χ2v) is 7.17. The third kappa shape index (κ3) is 3.78.